The van der Waals surface area contributed by atoms with Gasteiger partial charge in [0.15, 0.2) is 5.13 Å². The fourth-order valence-electron chi connectivity index (χ4n) is 2.83. The maximum atomic E-state index is 11.2. The zero-order valence-corrected chi connectivity index (χ0v) is 15.9. The molecule has 0 aliphatic carbocycles. The van der Waals surface area contributed by atoms with Crippen molar-refractivity contribution in [3.8, 4) is 0 Å². The average molecular weight is 381 g/mol. The van der Waals surface area contributed by atoms with Crippen molar-refractivity contribution in [1.82, 2.24) is 19.9 Å². The number of thiazole rings is 1. The first-order valence-corrected chi connectivity index (χ1v) is 9.50. The van der Waals surface area contributed by atoms with E-state index in [1.807, 2.05) is 13.0 Å². The van der Waals surface area contributed by atoms with Crippen molar-refractivity contribution >= 4 is 44.9 Å². The maximum Gasteiger partial charge on any atom is 0.264 e. The van der Waals surface area contributed by atoms with Gasteiger partial charge in [0, 0.05) is 32.2 Å². The summed E-state index contributed by atoms with van der Waals surface area (Å²) in [7, 11) is 0. The van der Waals surface area contributed by atoms with Gasteiger partial charge in [-0.25, -0.2) is 15.0 Å². The Hall–Kier alpha value is -1.77. The van der Waals surface area contributed by atoms with E-state index >= 15 is 0 Å². The van der Waals surface area contributed by atoms with E-state index in [1.54, 1.807) is 0 Å². The first-order chi connectivity index (χ1) is 12.0. The van der Waals surface area contributed by atoms with Crippen molar-refractivity contribution < 1.29 is 4.79 Å². The van der Waals surface area contributed by atoms with E-state index in [4.69, 9.17) is 11.6 Å². The average Bonchev–Trinajstić information content (AvgIpc) is 3.04. The molecule has 0 atom stereocenters. The maximum absolute atomic E-state index is 11.2. The lowest BCUT2D eigenvalue weighted by atomic mass is 10.3. The Balaban J connectivity index is 1.71. The molecule has 0 spiro atoms. The van der Waals surface area contributed by atoms with E-state index in [-0.39, 0.29) is 0 Å². The molecule has 25 heavy (non-hydrogen) atoms. The van der Waals surface area contributed by atoms with Crippen molar-refractivity contribution in [1.29, 1.82) is 0 Å². The molecule has 0 bridgehead atoms. The first-order valence-electron chi connectivity index (χ1n) is 8.31. The van der Waals surface area contributed by atoms with E-state index in [0.717, 1.165) is 38.5 Å². The van der Waals surface area contributed by atoms with Crippen LogP contribution in [0.2, 0.25) is 0 Å². The number of nitrogens with one attached hydrogen (secondary N) is 1. The van der Waals surface area contributed by atoms with Crippen LogP contribution in [0.1, 0.15) is 28.8 Å². The topological polar surface area (TPSA) is 74.2 Å². The van der Waals surface area contributed by atoms with Crippen LogP contribution in [-0.4, -0.2) is 57.8 Å². The number of nitrogens with zero attached hydrogens (tertiary/aromatic N) is 5. The van der Waals surface area contributed by atoms with E-state index in [9.17, 15) is 4.79 Å². The molecule has 9 heteroatoms. The van der Waals surface area contributed by atoms with Crippen LogP contribution < -0.4 is 10.2 Å². The van der Waals surface area contributed by atoms with Crippen LogP contribution in [0.5, 0.6) is 0 Å². The van der Waals surface area contributed by atoms with Crippen LogP contribution in [0.4, 0.5) is 16.8 Å². The summed E-state index contributed by atoms with van der Waals surface area (Å²) in [5.41, 5.74) is 0. The molecule has 1 aliphatic rings. The summed E-state index contributed by atoms with van der Waals surface area (Å²) in [5, 5.41) is 3.22. The van der Waals surface area contributed by atoms with Gasteiger partial charge in [0.05, 0.1) is 6.20 Å². The van der Waals surface area contributed by atoms with Crippen molar-refractivity contribution in [2.24, 2.45) is 0 Å². The zero-order valence-electron chi connectivity index (χ0n) is 14.3. The van der Waals surface area contributed by atoms with E-state index < -0.39 is 5.24 Å². The number of aromatic nitrogens is 3. The number of anilines is 3. The molecule has 3 heterocycles. The molecule has 0 saturated carbocycles. The summed E-state index contributed by atoms with van der Waals surface area (Å²) in [6.45, 7) is 9.24. The second-order valence-corrected chi connectivity index (χ2v) is 7.29. The normalized spacial score (nSPS) is 15.4. The van der Waals surface area contributed by atoms with Crippen LogP contribution >= 0.6 is 22.9 Å². The van der Waals surface area contributed by atoms with Crippen LogP contribution in [0.15, 0.2) is 12.3 Å². The lowest BCUT2D eigenvalue weighted by Gasteiger charge is -2.35. The van der Waals surface area contributed by atoms with E-state index in [1.165, 1.54) is 24.0 Å². The fraction of sp³-hybridized carbons (Fsp3) is 0.500. The third-order valence-corrected chi connectivity index (χ3v) is 5.22. The van der Waals surface area contributed by atoms with Crippen LogP contribution in [0.3, 0.4) is 0 Å². The molecule has 1 fully saturated rings. The molecule has 1 aliphatic heterocycles. The molecule has 134 valence electrons. The highest BCUT2D eigenvalue weighted by molar-refractivity contribution is 7.19. The number of hydrogen-bond acceptors (Lipinski definition) is 8. The SMILES string of the molecule is CCCN1CCN(c2cc(Nc3ncc(C(=O)Cl)s3)nc(C)n2)CC1. The standard InChI is InChI=1S/C16H21ClN6OS/c1-3-4-22-5-7-23(8-6-22)14-9-13(19-11(2)20-14)21-16-18-10-12(25-16)15(17)24/h9-10H,3-8H2,1-2H3,(H,18,19,20,21). The lowest BCUT2D eigenvalue weighted by Crippen LogP contribution is -2.46. The number of rotatable bonds is 6. The smallest absolute Gasteiger partial charge is 0.264 e. The molecular formula is C16H21ClN6OS. The predicted molar refractivity (Wildman–Crippen MR) is 101 cm³/mol. The predicted octanol–water partition coefficient (Wildman–Crippen LogP) is 2.90. The van der Waals surface area contributed by atoms with Gasteiger partial charge in [-0.05, 0) is 31.5 Å². The molecule has 1 saturated heterocycles. The third kappa shape index (κ3) is 4.65. The van der Waals surface area contributed by atoms with Crippen LogP contribution in [0, 0.1) is 6.92 Å². The van der Waals surface area contributed by atoms with Crippen molar-refractivity contribution in [2.75, 3.05) is 42.9 Å². The van der Waals surface area contributed by atoms with Crippen molar-refractivity contribution in [2.45, 2.75) is 20.3 Å². The number of carbonyl (C=O) groups is 1. The molecule has 2 aromatic rings. The Morgan fingerprint density at radius 1 is 1.32 bits per heavy atom. The minimum absolute atomic E-state index is 0.405. The van der Waals surface area contributed by atoms with Gasteiger partial charge in [-0.2, -0.15) is 0 Å². The molecule has 0 unspecified atom stereocenters. The highest BCUT2D eigenvalue weighted by Gasteiger charge is 2.18. The molecule has 0 amide bonds. The molecule has 2 aromatic heterocycles. The van der Waals surface area contributed by atoms with E-state index in [2.05, 4.69) is 37.0 Å². The highest BCUT2D eigenvalue weighted by atomic mass is 35.5. The Labute approximate surface area is 156 Å². The van der Waals surface area contributed by atoms with Gasteiger partial charge < -0.3 is 10.2 Å². The van der Waals surface area contributed by atoms with E-state index in [0.29, 0.717) is 21.7 Å². The Kier molecular flexibility index (Phi) is 5.82. The minimum Gasteiger partial charge on any atom is -0.354 e. The van der Waals surface area contributed by atoms with Crippen molar-refractivity contribution in [3.63, 3.8) is 0 Å². The second-order valence-electron chi connectivity index (χ2n) is 5.92. The molecule has 0 radical (unpaired) electrons. The van der Waals surface area contributed by atoms with Crippen LogP contribution in [-0.2, 0) is 0 Å². The minimum atomic E-state index is -0.505. The summed E-state index contributed by atoms with van der Waals surface area (Å²) in [6.07, 6.45) is 2.64. The number of halogens is 1. The summed E-state index contributed by atoms with van der Waals surface area (Å²) < 4.78 is 0. The number of carbonyl (C=O) groups excluding carboxylic acids is 1. The van der Waals surface area contributed by atoms with Gasteiger partial charge in [-0.1, -0.05) is 18.3 Å². The van der Waals surface area contributed by atoms with Gasteiger partial charge in [0.25, 0.3) is 5.24 Å². The summed E-state index contributed by atoms with van der Waals surface area (Å²) in [6, 6.07) is 1.92. The Morgan fingerprint density at radius 2 is 2.08 bits per heavy atom. The molecule has 0 aromatic carbocycles. The Bertz CT molecular complexity index is 744. The summed E-state index contributed by atoms with van der Waals surface area (Å²) >= 11 is 6.68. The van der Waals surface area contributed by atoms with Crippen LogP contribution in [0.25, 0.3) is 0 Å². The summed E-state index contributed by atoms with van der Waals surface area (Å²) in [4.78, 5) is 29.5. The molecule has 7 nitrogen and oxygen atoms in total. The molecular weight excluding hydrogens is 360 g/mol. The summed E-state index contributed by atoms with van der Waals surface area (Å²) in [5.74, 6) is 2.28. The van der Waals surface area contributed by atoms with Gasteiger partial charge in [0.2, 0.25) is 0 Å². The highest BCUT2D eigenvalue weighted by Crippen LogP contribution is 2.25. The quantitative estimate of drug-likeness (QED) is 0.772. The molecule has 3 rings (SSSR count). The van der Waals surface area contributed by atoms with Gasteiger partial charge in [0.1, 0.15) is 22.3 Å². The second kappa shape index (κ2) is 8.07. The zero-order chi connectivity index (χ0) is 17.8. The lowest BCUT2D eigenvalue weighted by molar-refractivity contribution is 0.108. The Morgan fingerprint density at radius 3 is 2.72 bits per heavy atom. The van der Waals surface area contributed by atoms with Gasteiger partial charge >= 0.3 is 0 Å². The molecule has 1 N–H and O–H groups in total. The first kappa shape index (κ1) is 18.0. The number of piperazine rings is 1. The van der Waals surface area contributed by atoms with Crippen molar-refractivity contribution in [3.05, 3.63) is 23.0 Å². The van der Waals surface area contributed by atoms with Gasteiger partial charge in [-0.15, -0.1) is 0 Å². The third-order valence-electron chi connectivity index (χ3n) is 3.99. The monoisotopic (exact) mass is 380 g/mol. The number of hydrogen-bond donors (Lipinski definition) is 1. The fourth-order valence-corrected chi connectivity index (χ4v) is 3.65. The largest absolute Gasteiger partial charge is 0.354 e. The van der Waals surface area contributed by atoms with Gasteiger partial charge in [-0.3, -0.25) is 9.69 Å². The number of aryl methyl sites for hydroxylation is 1.